The summed E-state index contributed by atoms with van der Waals surface area (Å²) in [5, 5.41) is 0. The lowest BCUT2D eigenvalue weighted by Crippen LogP contribution is -2.00. The SMILES string of the molecule is COP(OC)OCC1=CCCCC1. The molecule has 1 aliphatic rings. The van der Waals surface area contributed by atoms with E-state index < -0.39 is 8.60 Å². The monoisotopic (exact) mass is 204 g/mol. The van der Waals surface area contributed by atoms with E-state index in [1.54, 1.807) is 14.2 Å². The van der Waals surface area contributed by atoms with E-state index in [9.17, 15) is 0 Å². The van der Waals surface area contributed by atoms with Crippen molar-refractivity contribution in [3.63, 3.8) is 0 Å². The lowest BCUT2D eigenvalue weighted by Gasteiger charge is -2.15. The van der Waals surface area contributed by atoms with Gasteiger partial charge in [-0.15, -0.1) is 0 Å². The van der Waals surface area contributed by atoms with Crippen LogP contribution in [0.4, 0.5) is 0 Å². The first-order valence-electron chi connectivity index (χ1n) is 4.56. The highest BCUT2D eigenvalue weighted by molar-refractivity contribution is 7.41. The maximum Gasteiger partial charge on any atom is 0.332 e. The van der Waals surface area contributed by atoms with Crippen molar-refractivity contribution in [1.29, 1.82) is 0 Å². The van der Waals surface area contributed by atoms with E-state index in [1.165, 1.54) is 24.8 Å². The Morgan fingerprint density at radius 1 is 1.31 bits per heavy atom. The van der Waals surface area contributed by atoms with Crippen LogP contribution in [0.5, 0.6) is 0 Å². The molecule has 0 fully saturated rings. The van der Waals surface area contributed by atoms with Crippen LogP contribution in [0.15, 0.2) is 11.6 Å². The molecule has 1 rings (SSSR count). The second-order valence-corrected chi connectivity index (χ2v) is 4.41. The highest BCUT2D eigenvalue weighted by Crippen LogP contribution is 2.38. The number of hydrogen-bond acceptors (Lipinski definition) is 3. The van der Waals surface area contributed by atoms with E-state index in [0.29, 0.717) is 6.61 Å². The first-order chi connectivity index (χ1) is 6.36. The highest BCUT2D eigenvalue weighted by Gasteiger charge is 2.10. The lowest BCUT2D eigenvalue weighted by molar-refractivity contribution is 0.217. The predicted octanol–water partition coefficient (Wildman–Crippen LogP) is 3.02. The van der Waals surface area contributed by atoms with Crippen molar-refractivity contribution in [2.75, 3.05) is 20.8 Å². The Morgan fingerprint density at radius 2 is 2.08 bits per heavy atom. The molecular formula is C9H17O3P. The summed E-state index contributed by atoms with van der Waals surface area (Å²) in [6.07, 6.45) is 7.22. The maximum absolute atomic E-state index is 5.43. The normalized spacial score (nSPS) is 17.6. The molecule has 0 saturated carbocycles. The first-order valence-corrected chi connectivity index (χ1v) is 5.65. The molecule has 4 heteroatoms. The van der Waals surface area contributed by atoms with E-state index >= 15 is 0 Å². The second-order valence-electron chi connectivity index (χ2n) is 2.97. The minimum atomic E-state index is -1.12. The fourth-order valence-corrected chi connectivity index (χ4v) is 1.98. The third-order valence-electron chi connectivity index (χ3n) is 2.04. The van der Waals surface area contributed by atoms with Crippen LogP contribution in [-0.2, 0) is 13.6 Å². The molecule has 0 aromatic heterocycles. The molecule has 0 heterocycles. The van der Waals surface area contributed by atoms with Crippen molar-refractivity contribution in [3.05, 3.63) is 11.6 Å². The van der Waals surface area contributed by atoms with Crippen LogP contribution in [0, 0.1) is 0 Å². The van der Waals surface area contributed by atoms with Gasteiger partial charge in [0.2, 0.25) is 0 Å². The largest absolute Gasteiger partial charge is 0.332 e. The van der Waals surface area contributed by atoms with E-state index in [4.69, 9.17) is 13.6 Å². The predicted molar refractivity (Wildman–Crippen MR) is 53.4 cm³/mol. The Bertz CT molecular complexity index is 166. The van der Waals surface area contributed by atoms with Crippen LogP contribution in [-0.4, -0.2) is 20.8 Å². The number of allylic oxidation sites excluding steroid dienone is 1. The smallest absolute Gasteiger partial charge is 0.316 e. The number of hydrogen-bond donors (Lipinski definition) is 0. The molecular weight excluding hydrogens is 187 g/mol. The molecule has 1 aliphatic carbocycles. The van der Waals surface area contributed by atoms with Crippen LogP contribution in [0.2, 0.25) is 0 Å². The van der Waals surface area contributed by atoms with E-state index in [-0.39, 0.29) is 0 Å². The molecule has 0 bridgehead atoms. The summed E-state index contributed by atoms with van der Waals surface area (Å²) in [5.41, 5.74) is 1.38. The van der Waals surface area contributed by atoms with Gasteiger partial charge >= 0.3 is 8.60 Å². The molecule has 0 aliphatic heterocycles. The molecule has 0 spiro atoms. The van der Waals surface area contributed by atoms with Gasteiger partial charge in [-0.05, 0) is 31.3 Å². The minimum Gasteiger partial charge on any atom is -0.316 e. The summed E-state index contributed by atoms with van der Waals surface area (Å²) in [6.45, 7) is 0.660. The van der Waals surface area contributed by atoms with Gasteiger partial charge in [0.1, 0.15) is 0 Å². The van der Waals surface area contributed by atoms with E-state index in [1.807, 2.05) is 0 Å². The zero-order valence-corrected chi connectivity index (χ0v) is 9.18. The van der Waals surface area contributed by atoms with Crippen LogP contribution in [0.3, 0.4) is 0 Å². The van der Waals surface area contributed by atoms with Crippen LogP contribution in [0.1, 0.15) is 25.7 Å². The summed E-state index contributed by atoms with van der Waals surface area (Å²) in [4.78, 5) is 0. The minimum absolute atomic E-state index is 0.660. The van der Waals surface area contributed by atoms with Crippen molar-refractivity contribution < 1.29 is 13.6 Å². The van der Waals surface area contributed by atoms with Crippen molar-refractivity contribution in [2.45, 2.75) is 25.7 Å². The number of rotatable bonds is 5. The van der Waals surface area contributed by atoms with E-state index in [0.717, 1.165) is 6.42 Å². The molecule has 0 saturated heterocycles. The van der Waals surface area contributed by atoms with Crippen molar-refractivity contribution in [1.82, 2.24) is 0 Å². The molecule has 0 atom stereocenters. The standard InChI is InChI=1S/C9H17O3P/c1-10-13(11-2)12-8-9-6-4-3-5-7-9/h6H,3-5,7-8H2,1-2H3. The molecule has 3 nitrogen and oxygen atoms in total. The van der Waals surface area contributed by atoms with Gasteiger partial charge < -0.3 is 13.6 Å². The zero-order valence-electron chi connectivity index (χ0n) is 8.28. The van der Waals surface area contributed by atoms with Gasteiger partial charge in [-0.2, -0.15) is 0 Å². The summed E-state index contributed by atoms with van der Waals surface area (Å²) in [5.74, 6) is 0. The van der Waals surface area contributed by atoms with Gasteiger partial charge in [0.25, 0.3) is 0 Å². The summed E-state index contributed by atoms with van der Waals surface area (Å²) in [7, 11) is 2.08. The Kier molecular flexibility index (Phi) is 5.56. The fraction of sp³-hybridized carbons (Fsp3) is 0.778. The summed E-state index contributed by atoms with van der Waals surface area (Å²) in [6, 6.07) is 0. The highest BCUT2D eigenvalue weighted by atomic mass is 31.2. The molecule has 0 aromatic rings. The van der Waals surface area contributed by atoms with Gasteiger partial charge in [0.15, 0.2) is 0 Å². The quantitative estimate of drug-likeness (QED) is 0.509. The van der Waals surface area contributed by atoms with Gasteiger partial charge in [0, 0.05) is 14.2 Å². The Labute approximate surface area is 81.1 Å². The summed E-state index contributed by atoms with van der Waals surface area (Å²) < 4.78 is 15.4. The van der Waals surface area contributed by atoms with Gasteiger partial charge in [-0.25, -0.2) is 0 Å². The van der Waals surface area contributed by atoms with Crippen molar-refractivity contribution >= 4 is 8.60 Å². The third kappa shape index (κ3) is 4.19. The maximum atomic E-state index is 5.43. The van der Waals surface area contributed by atoms with Gasteiger partial charge in [-0.1, -0.05) is 6.08 Å². The first kappa shape index (κ1) is 11.1. The van der Waals surface area contributed by atoms with Gasteiger partial charge in [-0.3, -0.25) is 0 Å². The molecule has 13 heavy (non-hydrogen) atoms. The Balaban J connectivity index is 2.20. The molecule has 0 unspecified atom stereocenters. The molecule has 76 valence electrons. The Hall–Kier alpha value is 0.0500. The lowest BCUT2D eigenvalue weighted by atomic mass is 10.0. The van der Waals surface area contributed by atoms with Crippen molar-refractivity contribution in [3.8, 4) is 0 Å². The average Bonchev–Trinajstić information content (AvgIpc) is 2.21. The van der Waals surface area contributed by atoms with Crippen LogP contribution >= 0.6 is 8.60 Å². The third-order valence-corrected chi connectivity index (χ3v) is 2.97. The van der Waals surface area contributed by atoms with Gasteiger partial charge in [0.05, 0.1) is 6.61 Å². The topological polar surface area (TPSA) is 27.7 Å². The summed E-state index contributed by atoms with van der Waals surface area (Å²) >= 11 is 0. The van der Waals surface area contributed by atoms with Crippen LogP contribution < -0.4 is 0 Å². The molecule has 0 N–H and O–H groups in total. The zero-order chi connectivity index (χ0) is 9.52. The van der Waals surface area contributed by atoms with Crippen molar-refractivity contribution in [2.24, 2.45) is 0 Å². The molecule has 0 amide bonds. The Morgan fingerprint density at radius 3 is 2.62 bits per heavy atom. The van der Waals surface area contributed by atoms with E-state index in [2.05, 4.69) is 6.08 Å². The molecule has 0 aromatic carbocycles. The van der Waals surface area contributed by atoms with Crippen LogP contribution in [0.25, 0.3) is 0 Å². The molecule has 0 radical (unpaired) electrons. The average molecular weight is 204 g/mol. The second kappa shape index (κ2) is 6.50. The fourth-order valence-electron chi connectivity index (χ4n) is 1.35.